The van der Waals surface area contributed by atoms with Crippen molar-refractivity contribution in [3.8, 4) is 5.75 Å². The zero-order chi connectivity index (χ0) is 20.3. The maximum atomic E-state index is 13.1. The molecule has 8 heteroatoms. The summed E-state index contributed by atoms with van der Waals surface area (Å²) in [4.78, 5) is 13.1. The number of halogens is 1. The van der Waals surface area contributed by atoms with E-state index in [-0.39, 0.29) is 35.6 Å². The summed E-state index contributed by atoms with van der Waals surface area (Å²) in [7, 11) is 3.58. The average Bonchev–Trinajstić information content (AvgIpc) is 3.41. The second-order valence-electron chi connectivity index (χ2n) is 8.16. The number of benzene rings is 1. The number of carbonyl (C=O) groups is 1. The molecule has 164 valence electrons. The number of rotatable bonds is 6. The topological polar surface area (TPSA) is 77.4 Å². The Balaban J connectivity index is 0.00000256. The van der Waals surface area contributed by atoms with Crippen LogP contribution in [0.3, 0.4) is 0 Å². The maximum absolute atomic E-state index is 13.1. The third-order valence-corrected chi connectivity index (χ3v) is 6.46. The summed E-state index contributed by atoms with van der Waals surface area (Å²) in [5.74, 6) is 1.04. The van der Waals surface area contributed by atoms with Gasteiger partial charge in [-0.15, -0.1) is 12.4 Å². The van der Waals surface area contributed by atoms with Gasteiger partial charge in [0.25, 0.3) is 0 Å². The van der Waals surface area contributed by atoms with Gasteiger partial charge in [-0.2, -0.15) is 5.10 Å². The van der Waals surface area contributed by atoms with E-state index in [1.54, 1.807) is 11.8 Å². The monoisotopic (exact) mass is 434 g/mol. The Kier molecular flexibility index (Phi) is 7.39. The van der Waals surface area contributed by atoms with Crippen molar-refractivity contribution in [3.05, 3.63) is 47.8 Å². The molecule has 1 aromatic heterocycles. The van der Waals surface area contributed by atoms with E-state index in [1.165, 1.54) is 5.56 Å². The Hall–Kier alpha value is -2.09. The van der Waals surface area contributed by atoms with Gasteiger partial charge < -0.3 is 20.1 Å². The normalized spacial score (nSPS) is 22.9. The quantitative estimate of drug-likeness (QED) is 0.727. The van der Waals surface area contributed by atoms with E-state index in [0.29, 0.717) is 26.3 Å². The van der Waals surface area contributed by atoms with E-state index in [0.717, 1.165) is 30.7 Å². The third-order valence-electron chi connectivity index (χ3n) is 6.46. The van der Waals surface area contributed by atoms with Crippen molar-refractivity contribution < 1.29 is 14.3 Å². The molecule has 7 nitrogen and oxygen atoms in total. The lowest BCUT2D eigenvalue weighted by atomic mass is 9.74. The summed E-state index contributed by atoms with van der Waals surface area (Å²) in [5.41, 5.74) is 2.25. The zero-order valence-electron chi connectivity index (χ0n) is 17.6. The van der Waals surface area contributed by atoms with Crippen LogP contribution in [0.15, 0.2) is 36.7 Å². The van der Waals surface area contributed by atoms with E-state index < -0.39 is 0 Å². The first-order chi connectivity index (χ1) is 14.1. The van der Waals surface area contributed by atoms with Crippen LogP contribution in [-0.4, -0.2) is 55.6 Å². The van der Waals surface area contributed by atoms with Crippen molar-refractivity contribution in [1.82, 2.24) is 20.4 Å². The van der Waals surface area contributed by atoms with Crippen LogP contribution in [0.4, 0.5) is 0 Å². The Labute approximate surface area is 183 Å². The molecule has 1 aromatic carbocycles. The van der Waals surface area contributed by atoms with Crippen LogP contribution in [0, 0.1) is 5.92 Å². The first-order valence-corrected chi connectivity index (χ1v) is 10.3. The first-order valence-electron chi connectivity index (χ1n) is 10.3. The average molecular weight is 435 g/mol. The molecule has 0 bridgehead atoms. The molecule has 2 N–H and O–H groups in total. The highest BCUT2D eigenvalue weighted by Gasteiger charge is 2.38. The molecule has 2 atom stereocenters. The smallest absolute Gasteiger partial charge is 0.225 e. The van der Waals surface area contributed by atoms with Gasteiger partial charge in [-0.25, -0.2) is 0 Å². The summed E-state index contributed by atoms with van der Waals surface area (Å²) >= 11 is 0. The first kappa shape index (κ1) is 22.6. The molecular weight excluding hydrogens is 404 g/mol. The molecule has 1 amide bonds. The molecule has 3 heterocycles. The van der Waals surface area contributed by atoms with E-state index in [4.69, 9.17) is 9.47 Å². The highest BCUT2D eigenvalue weighted by molar-refractivity contribution is 5.85. The molecule has 30 heavy (non-hydrogen) atoms. The fourth-order valence-electron chi connectivity index (χ4n) is 4.60. The van der Waals surface area contributed by atoms with Gasteiger partial charge in [0.15, 0.2) is 0 Å². The Morgan fingerprint density at radius 3 is 2.67 bits per heavy atom. The van der Waals surface area contributed by atoms with Crippen molar-refractivity contribution in [1.29, 1.82) is 0 Å². The maximum Gasteiger partial charge on any atom is 0.225 e. The van der Waals surface area contributed by atoms with Gasteiger partial charge in [0.1, 0.15) is 5.75 Å². The van der Waals surface area contributed by atoms with Gasteiger partial charge in [0.05, 0.1) is 19.2 Å². The minimum Gasteiger partial charge on any atom is -0.497 e. The molecule has 2 fully saturated rings. The standard InChI is InChI=1S/C22H30N4O3.ClH/c1-26-14-16(11-25-26)19-12-23-13-20(19)21(27)24-15-22(7-9-29-10-8-22)17-3-5-18(28-2)6-4-17;/h3-6,11,14,19-20,23H,7-10,12-13,15H2,1-2H3,(H,24,27);1H/t19-,20+;/m1./s1. The van der Waals surface area contributed by atoms with Gasteiger partial charge >= 0.3 is 0 Å². The van der Waals surface area contributed by atoms with Crippen LogP contribution in [0.2, 0.25) is 0 Å². The highest BCUT2D eigenvalue weighted by Crippen LogP contribution is 2.36. The van der Waals surface area contributed by atoms with Crippen LogP contribution < -0.4 is 15.4 Å². The molecule has 0 unspecified atom stereocenters. The van der Waals surface area contributed by atoms with Gasteiger partial charge in [0.2, 0.25) is 5.91 Å². The number of carbonyl (C=O) groups excluding carboxylic acids is 1. The summed E-state index contributed by atoms with van der Waals surface area (Å²) in [5, 5.41) is 10.9. The molecule has 0 radical (unpaired) electrons. The summed E-state index contributed by atoms with van der Waals surface area (Å²) in [6.45, 7) is 3.56. The molecule has 2 saturated heterocycles. The minimum atomic E-state index is -0.101. The van der Waals surface area contributed by atoms with Crippen molar-refractivity contribution in [2.45, 2.75) is 24.2 Å². The van der Waals surface area contributed by atoms with E-state index >= 15 is 0 Å². The van der Waals surface area contributed by atoms with Crippen molar-refractivity contribution in [3.63, 3.8) is 0 Å². The van der Waals surface area contributed by atoms with Gasteiger partial charge in [-0.1, -0.05) is 12.1 Å². The number of aryl methyl sites for hydroxylation is 1. The molecule has 2 aliphatic heterocycles. The lowest BCUT2D eigenvalue weighted by Gasteiger charge is -2.38. The van der Waals surface area contributed by atoms with Crippen LogP contribution in [0.1, 0.15) is 29.9 Å². The largest absolute Gasteiger partial charge is 0.497 e. The van der Waals surface area contributed by atoms with Crippen LogP contribution in [0.5, 0.6) is 5.75 Å². The number of hydrogen-bond donors (Lipinski definition) is 2. The minimum absolute atomic E-state index is 0. The number of nitrogens with zero attached hydrogens (tertiary/aromatic N) is 2. The molecule has 0 saturated carbocycles. The van der Waals surface area contributed by atoms with Crippen LogP contribution in [-0.2, 0) is 22.0 Å². The SMILES string of the molecule is COc1ccc(C2(CNC(=O)[C@H]3CNC[C@@H]3c3cnn(C)c3)CCOCC2)cc1.Cl. The second-order valence-corrected chi connectivity index (χ2v) is 8.16. The van der Waals surface area contributed by atoms with Gasteiger partial charge in [0, 0.05) is 57.4 Å². The fourth-order valence-corrected chi connectivity index (χ4v) is 4.60. The van der Waals surface area contributed by atoms with Crippen molar-refractivity contribution >= 4 is 18.3 Å². The van der Waals surface area contributed by atoms with Crippen LogP contribution in [0.25, 0.3) is 0 Å². The van der Waals surface area contributed by atoms with Gasteiger partial charge in [-0.3, -0.25) is 9.48 Å². The summed E-state index contributed by atoms with van der Waals surface area (Å²) in [6.07, 6.45) is 5.67. The lowest BCUT2D eigenvalue weighted by Crippen LogP contribution is -2.46. The number of ether oxygens (including phenoxy) is 2. The van der Waals surface area contributed by atoms with Crippen LogP contribution >= 0.6 is 12.4 Å². The Bertz CT molecular complexity index is 833. The van der Waals surface area contributed by atoms with Crippen molar-refractivity contribution in [2.24, 2.45) is 13.0 Å². The van der Waals surface area contributed by atoms with Gasteiger partial charge in [-0.05, 0) is 36.1 Å². The summed E-state index contributed by atoms with van der Waals surface area (Å²) < 4.78 is 12.7. The number of methoxy groups -OCH3 is 1. The van der Waals surface area contributed by atoms with E-state index in [1.807, 2.05) is 31.6 Å². The molecule has 2 aliphatic rings. The predicted molar refractivity (Wildman–Crippen MR) is 117 cm³/mol. The summed E-state index contributed by atoms with van der Waals surface area (Å²) in [6, 6.07) is 8.22. The molecule has 4 rings (SSSR count). The second kappa shape index (κ2) is 9.81. The third kappa shape index (κ3) is 4.63. The number of aromatic nitrogens is 2. The molecule has 2 aromatic rings. The number of hydrogen-bond acceptors (Lipinski definition) is 5. The Morgan fingerprint density at radius 1 is 1.30 bits per heavy atom. The lowest BCUT2D eigenvalue weighted by molar-refractivity contribution is -0.125. The predicted octanol–water partition coefficient (Wildman–Crippen LogP) is 2.02. The van der Waals surface area contributed by atoms with E-state index in [2.05, 4.69) is 27.9 Å². The fraction of sp³-hybridized carbons (Fsp3) is 0.545. The number of nitrogens with one attached hydrogen (secondary N) is 2. The van der Waals surface area contributed by atoms with Crippen molar-refractivity contribution in [2.75, 3.05) is 40.0 Å². The zero-order valence-corrected chi connectivity index (χ0v) is 18.4. The molecule has 0 aliphatic carbocycles. The van der Waals surface area contributed by atoms with E-state index in [9.17, 15) is 4.79 Å². The highest BCUT2D eigenvalue weighted by atomic mass is 35.5. The molecule has 0 spiro atoms. The molecular formula is C22H31ClN4O3. The number of amides is 1. The Morgan fingerprint density at radius 2 is 2.03 bits per heavy atom.